The van der Waals surface area contributed by atoms with Gasteiger partial charge in [-0.15, -0.1) is 11.3 Å². The summed E-state index contributed by atoms with van der Waals surface area (Å²) in [6, 6.07) is 10.8. The summed E-state index contributed by atoms with van der Waals surface area (Å²) < 4.78 is 13.2. The molecule has 2 aromatic carbocycles. The molecule has 0 aliphatic carbocycles. The molecule has 0 atom stereocenters. The van der Waals surface area contributed by atoms with Crippen molar-refractivity contribution in [3.63, 3.8) is 0 Å². The maximum Gasteiger partial charge on any atom is 0.257 e. The Labute approximate surface area is 152 Å². The third kappa shape index (κ3) is 4.12. The van der Waals surface area contributed by atoms with Gasteiger partial charge in [-0.3, -0.25) is 10.1 Å². The summed E-state index contributed by atoms with van der Waals surface area (Å²) in [4.78, 5) is 17.2. The van der Waals surface area contributed by atoms with Crippen molar-refractivity contribution in [2.45, 2.75) is 6.42 Å². The Balaban J connectivity index is 1.71. The first-order chi connectivity index (χ1) is 11.5. The van der Waals surface area contributed by atoms with Crippen LogP contribution in [0.25, 0.3) is 0 Å². The molecule has 0 bridgehead atoms. The molecule has 0 aliphatic heterocycles. The molecular formula is C17H11Cl2FN2OS. The minimum atomic E-state index is -0.460. The van der Waals surface area contributed by atoms with Crippen molar-refractivity contribution >= 4 is 45.6 Å². The number of benzene rings is 2. The van der Waals surface area contributed by atoms with Crippen LogP contribution in [0, 0.1) is 5.82 Å². The third-order valence-electron chi connectivity index (χ3n) is 3.23. The molecule has 122 valence electrons. The van der Waals surface area contributed by atoms with Crippen LogP contribution in [0.15, 0.2) is 48.7 Å². The number of hydrogen-bond donors (Lipinski definition) is 1. The molecule has 0 spiro atoms. The van der Waals surface area contributed by atoms with E-state index in [9.17, 15) is 9.18 Å². The lowest BCUT2D eigenvalue weighted by Gasteiger charge is -2.03. The van der Waals surface area contributed by atoms with Gasteiger partial charge in [0.15, 0.2) is 5.13 Å². The zero-order valence-corrected chi connectivity index (χ0v) is 14.6. The zero-order valence-electron chi connectivity index (χ0n) is 12.2. The van der Waals surface area contributed by atoms with E-state index in [1.807, 2.05) is 0 Å². The van der Waals surface area contributed by atoms with Gasteiger partial charge in [0.2, 0.25) is 0 Å². The Morgan fingerprint density at radius 1 is 1.21 bits per heavy atom. The van der Waals surface area contributed by atoms with Crippen LogP contribution in [-0.4, -0.2) is 10.9 Å². The molecule has 0 saturated heterocycles. The van der Waals surface area contributed by atoms with Crippen molar-refractivity contribution in [1.29, 1.82) is 0 Å². The van der Waals surface area contributed by atoms with Crippen LogP contribution in [0.5, 0.6) is 0 Å². The molecule has 0 saturated carbocycles. The minimum Gasteiger partial charge on any atom is -0.298 e. The second-order valence-corrected chi connectivity index (χ2v) is 6.97. The van der Waals surface area contributed by atoms with Crippen LogP contribution >= 0.6 is 34.5 Å². The van der Waals surface area contributed by atoms with E-state index in [1.165, 1.54) is 29.5 Å². The van der Waals surface area contributed by atoms with Crippen LogP contribution in [0.4, 0.5) is 9.52 Å². The molecule has 0 fully saturated rings. The summed E-state index contributed by atoms with van der Waals surface area (Å²) in [5.74, 6) is -0.866. The zero-order chi connectivity index (χ0) is 17.1. The van der Waals surface area contributed by atoms with Gasteiger partial charge >= 0.3 is 0 Å². The number of amides is 1. The summed E-state index contributed by atoms with van der Waals surface area (Å²) in [6.45, 7) is 0. The lowest BCUT2D eigenvalue weighted by atomic mass is 10.1. The monoisotopic (exact) mass is 380 g/mol. The van der Waals surface area contributed by atoms with Gasteiger partial charge in [-0.05, 0) is 42.0 Å². The molecule has 0 radical (unpaired) electrons. The highest BCUT2D eigenvalue weighted by Crippen LogP contribution is 2.27. The van der Waals surface area contributed by atoms with Crippen molar-refractivity contribution in [3.8, 4) is 0 Å². The number of carbonyl (C=O) groups excluding carboxylic acids is 1. The van der Waals surface area contributed by atoms with Gasteiger partial charge in [0.1, 0.15) is 5.82 Å². The van der Waals surface area contributed by atoms with Gasteiger partial charge in [0, 0.05) is 33.1 Å². The number of thiazole rings is 1. The minimum absolute atomic E-state index is 0.240. The average molecular weight is 381 g/mol. The van der Waals surface area contributed by atoms with E-state index in [0.29, 0.717) is 21.6 Å². The van der Waals surface area contributed by atoms with Crippen molar-refractivity contribution in [3.05, 3.63) is 80.5 Å². The number of anilines is 1. The molecule has 1 amide bonds. The Kier molecular flexibility index (Phi) is 5.14. The Morgan fingerprint density at radius 2 is 2.04 bits per heavy atom. The van der Waals surface area contributed by atoms with Gasteiger partial charge in [-0.25, -0.2) is 9.37 Å². The fourth-order valence-corrected chi connectivity index (χ4v) is 3.32. The summed E-state index contributed by atoms with van der Waals surface area (Å²) in [7, 11) is 0. The SMILES string of the molecule is O=C(Nc1ncc(Cc2cc(Cl)ccc2Cl)s1)c1cccc(F)c1. The maximum atomic E-state index is 13.2. The van der Waals surface area contributed by atoms with Crippen LogP contribution in [0.3, 0.4) is 0 Å². The quantitative estimate of drug-likeness (QED) is 0.655. The molecule has 1 heterocycles. The van der Waals surface area contributed by atoms with Crippen LogP contribution in [0.1, 0.15) is 20.8 Å². The molecule has 1 aromatic heterocycles. The van der Waals surface area contributed by atoms with Gasteiger partial charge in [0.05, 0.1) is 0 Å². The Bertz CT molecular complexity index is 898. The predicted molar refractivity (Wildman–Crippen MR) is 95.7 cm³/mol. The van der Waals surface area contributed by atoms with Gasteiger partial charge in [-0.2, -0.15) is 0 Å². The number of aromatic nitrogens is 1. The molecule has 3 aromatic rings. The van der Waals surface area contributed by atoms with E-state index in [2.05, 4.69) is 10.3 Å². The molecule has 3 nitrogen and oxygen atoms in total. The van der Waals surface area contributed by atoms with Crippen LogP contribution in [0.2, 0.25) is 10.0 Å². The summed E-state index contributed by atoms with van der Waals surface area (Å²) in [5.41, 5.74) is 1.13. The number of hydrogen-bond acceptors (Lipinski definition) is 3. The van der Waals surface area contributed by atoms with E-state index in [-0.39, 0.29) is 5.56 Å². The molecule has 3 rings (SSSR count). The number of rotatable bonds is 4. The number of nitrogens with one attached hydrogen (secondary N) is 1. The highest BCUT2D eigenvalue weighted by molar-refractivity contribution is 7.15. The first-order valence-corrected chi connectivity index (χ1v) is 8.54. The molecule has 0 unspecified atom stereocenters. The lowest BCUT2D eigenvalue weighted by Crippen LogP contribution is -2.11. The number of halogens is 3. The number of carbonyl (C=O) groups is 1. The topological polar surface area (TPSA) is 42.0 Å². The lowest BCUT2D eigenvalue weighted by molar-refractivity contribution is 0.102. The second-order valence-electron chi connectivity index (χ2n) is 5.01. The van der Waals surface area contributed by atoms with E-state index in [1.54, 1.807) is 30.5 Å². The maximum absolute atomic E-state index is 13.2. The first kappa shape index (κ1) is 16.9. The largest absolute Gasteiger partial charge is 0.298 e. The summed E-state index contributed by atoms with van der Waals surface area (Å²) in [6.07, 6.45) is 2.23. The highest BCUT2D eigenvalue weighted by atomic mass is 35.5. The molecule has 1 N–H and O–H groups in total. The van der Waals surface area contributed by atoms with Crippen molar-refractivity contribution in [2.75, 3.05) is 5.32 Å². The van der Waals surface area contributed by atoms with E-state index in [0.717, 1.165) is 10.4 Å². The van der Waals surface area contributed by atoms with Crippen LogP contribution in [-0.2, 0) is 6.42 Å². The van der Waals surface area contributed by atoms with E-state index < -0.39 is 11.7 Å². The van der Waals surface area contributed by atoms with Crippen molar-refractivity contribution in [2.24, 2.45) is 0 Å². The van der Waals surface area contributed by atoms with Gasteiger partial charge in [0.25, 0.3) is 5.91 Å². The smallest absolute Gasteiger partial charge is 0.257 e. The van der Waals surface area contributed by atoms with Crippen molar-refractivity contribution in [1.82, 2.24) is 4.98 Å². The van der Waals surface area contributed by atoms with E-state index >= 15 is 0 Å². The van der Waals surface area contributed by atoms with E-state index in [4.69, 9.17) is 23.2 Å². The molecule has 7 heteroatoms. The second kappa shape index (κ2) is 7.30. The third-order valence-corrected chi connectivity index (χ3v) is 4.75. The predicted octanol–water partition coefficient (Wildman–Crippen LogP) is 5.43. The molecule has 24 heavy (non-hydrogen) atoms. The fraction of sp³-hybridized carbons (Fsp3) is 0.0588. The van der Waals surface area contributed by atoms with Crippen molar-refractivity contribution < 1.29 is 9.18 Å². The summed E-state index contributed by atoms with van der Waals surface area (Å²) >= 11 is 13.5. The fourth-order valence-electron chi connectivity index (χ4n) is 2.11. The average Bonchev–Trinajstić information content (AvgIpc) is 2.98. The Hall–Kier alpha value is -1.95. The first-order valence-electron chi connectivity index (χ1n) is 6.97. The standard InChI is InChI=1S/C17H11Cl2FN2OS/c18-12-4-5-15(19)11(6-12)8-14-9-21-17(24-14)22-16(23)10-2-1-3-13(20)7-10/h1-7,9H,8H2,(H,21,22,23). The summed E-state index contributed by atoms with van der Waals surface area (Å²) in [5, 5.41) is 4.34. The Morgan fingerprint density at radius 3 is 2.83 bits per heavy atom. The normalized spacial score (nSPS) is 10.6. The number of nitrogens with zero attached hydrogens (tertiary/aromatic N) is 1. The van der Waals surface area contributed by atoms with Gasteiger partial charge in [-0.1, -0.05) is 29.3 Å². The highest BCUT2D eigenvalue weighted by Gasteiger charge is 2.11. The molecule has 0 aliphatic rings. The van der Waals surface area contributed by atoms with Crippen LogP contribution < -0.4 is 5.32 Å². The molecular weight excluding hydrogens is 370 g/mol. The van der Waals surface area contributed by atoms with Gasteiger partial charge < -0.3 is 0 Å².